The van der Waals surface area contributed by atoms with Gasteiger partial charge < -0.3 is 5.11 Å². The van der Waals surface area contributed by atoms with E-state index in [0.29, 0.717) is 26.6 Å². The molecule has 0 fully saturated rings. The molecular formula is C18H10BrCl2NO2. The van der Waals surface area contributed by atoms with E-state index < -0.39 is 5.97 Å². The van der Waals surface area contributed by atoms with Gasteiger partial charge in [0.1, 0.15) is 0 Å². The fourth-order valence-corrected chi connectivity index (χ4v) is 2.95. The fraction of sp³-hybridized carbons (Fsp3) is 0. The van der Waals surface area contributed by atoms with Crippen molar-refractivity contribution in [3.05, 3.63) is 73.8 Å². The van der Waals surface area contributed by atoms with Crippen molar-refractivity contribution in [1.82, 2.24) is 4.98 Å². The number of fused-ring (bicyclic) bond motifs is 1. The standard InChI is InChI=1S/C18H10BrCl2NO2/c19-11-3-6-17-13(8-11)14(18(23)24)9-12(22-17)4-1-10-2-5-15(20)16(21)7-10/h1-9H,(H,23,24). The van der Waals surface area contributed by atoms with E-state index in [1.54, 1.807) is 42.5 Å². The van der Waals surface area contributed by atoms with Crippen molar-refractivity contribution in [2.45, 2.75) is 0 Å². The number of rotatable bonds is 3. The number of halogens is 3. The Morgan fingerprint density at radius 3 is 2.54 bits per heavy atom. The molecule has 6 heteroatoms. The van der Waals surface area contributed by atoms with Crippen molar-refractivity contribution in [3.8, 4) is 0 Å². The van der Waals surface area contributed by atoms with Crippen molar-refractivity contribution < 1.29 is 9.90 Å². The van der Waals surface area contributed by atoms with Gasteiger partial charge in [0.15, 0.2) is 0 Å². The lowest BCUT2D eigenvalue weighted by Crippen LogP contribution is -2.00. The van der Waals surface area contributed by atoms with E-state index in [0.717, 1.165) is 10.0 Å². The summed E-state index contributed by atoms with van der Waals surface area (Å²) in [7, 11) is 0. The smallest absolute Gasteiger partial charge is 0.336 e. The van der Waals surface area contributed by atoms with E-state index in [9.17, 15) is 9.90 Å². The minimum absolute atomic E-state index is 0.204. The van der Waals surface area contributed by atoms with Crippen LogP contribution in [0.15, 0.2) is 46.9 Å². The zero-order chi connectivity index (χ0) is 17.3. The molecule has 0 saturated heterocycles. The van der Waals surface area contributed by atoms with Crippen LogP contribution in [0.3, 0.4) is 0 Å². The van der Waals surface area contributed by atoms with E-state index in [1.807, 2.05) is 12.1 Å². The SMILES string of the molecule is O=C(O)c1cc(C=Cc2ccc(Cl)c(Cl)c2)nc2ccc(Br)cc12. The molecule has 0 atom stereocenters. The number of carbonyl (C=O) groups is 1. The predicted molar refractivity (Wildman–Crippen MR) is 102 cm³/mol. The highest BCUT2D eigenvalue weighted by molar-refractivity contribution is 9.10. The summed E-state index contributed by atoms with van der Waals surface area (Å²) in [6, 6.07) is 12.2. The first-order chi connectivity index (χ1) is 11.4. The third-order valence-corrected chi connectivity index (χ3v) is 4.64. The zero-order valence-electron chi connectivity index (χ0n) is 12.1. The Bertz CT molecular complexity index is 986. The first-order valence-corrected chi connectivity index (χ1v) is 8.45. The molecule has 0 amide bonds. The van der Waals surface area contributed by atoms with Gasteiger partial charge in [-0.2, -0.15) is 0 Å². The number of nitrogens with zero attached hydrogens (tertiary/aromatic N) is 1. The van der Waals surface area contributed by atoms with E-state index in [-0.39, 0.29) is 5.56 Å². The molecule has 0 saturated carbocycles. The fourth-order valence-electron chi connectivity index (χ4n) is 2.28. The van der Waals surface area contributed by atoms with Crippen LogP contribution in [0.5, 0.6) is 0 Å². The van der Waals surface area contributed by atoms with Crippen LogP contribution in [0.4, 0.5) is 0 Å². The molecular weight excluding hydrogens is 413 g/mol. The van der Waals surface area contributed by atoms with Crippen LogP contribution in [0.2, 0.25) is 10.0 Å². The number of carboxylic acid groups (broad SMARTS) is 1. The van der Waals surface area contributed by atoms with Crippen LogP contribution >= 0.6 is 39.1 Å². The summed E-state index contributed by atoms with van der Waals surface area (Å²) in [5.74, 6) is -0.996. The van der Waals surface area contributed by atoms with Gasteiger partial charge in [0, 0.05) is 9.86 Å². The van der Waals surface area contributed by atoms with Gasteiger partial charge in [0.25, 0.3) is 0 Å². The molecule has 0 radical (unpaired) electrons. The topological polar surface area (TPSA) is 50.2 Å². The van der Waals surface area contributed by atoms with Crippen LogP contribution in [-0.2, 0) is 0 Å². The molecule has 0 aliphatic rings. The summed E-state index contributed by atoms with van der Waals surface area (Å²) in [5, 5.41) is 11.0. The number of pyridine rings is 1. The maximum absolute atomic E-state index is 11.5. The molecule has 0 bridgehead atoms. The number of carboxylic acids is 1. The minimum Gasteiger partial charge on any atom is -0.478 e. The predicted octanol–water partition coefficient (Wildman–Crippen LogP) is 6.17. The van der Waals surface area contributed by atoms with Crippen molar-refractivity contribution in [3.63, 3.8) is 0 Å². The minimum atomic E-state index is -0.996. The van der Waals surface area contributed by atoms with Gasteiger partial charge >= 0.3 is 5.97 Å². The zero-order valence-corrected chi connectivity index (χ0v) is 15.2. The van der Waals surface area contributed by atoms with Crippen LogP contribution < -0.4 is 0 Å². The van der Waals surface area contributed by atoms with Gasteiger partial charge in [-0.15, -0.1) is 0 Å². The quantitative estimate of drug-likeness (QED) is 0.548. The maximum atomic E-state index is 11.5. The van der Waals surface area contributed by atoms with Gasteiger partial charge in [-0.25, -0.2) is 9.78 Å². The second kappa shape index (κ2) is 6.93. The third-order valence-electron chi connectivity index (χ3n) is 3.41. The van der Waals surface area contributed by atoms with Gasteiger partial charge in [-0.1, -0.05) is 51.3 Å². The van der Waals surface area contributed by atoms with Gasteiger partial charge in [0.2, 0.25) is 0 Å². The average Bonchev–Trinajstić information content (AvgIpc) is 2.55. The summed E-state index contributed by atoms with van der Waals surface area (Å²) in [6.45, 7) is 0. The Hall–Kier alpha value is -1.88. The molecule has 3 rings (SSSR count). The molecule has 0 aliphatic carbocycles. The monoisotopic (exact) mass is 421 g/mol. The number of hydrogen-bond acceptors (Lipinski definition) is 2. The second-order valence-corrected chi connectivity index (χ2v) is 6.80. The molecule has 24 heavy (non-hydrogen) atoms. The highest BCUT2D eigenvalue weighted by Gasteiger charge is 2.11. The Kier molecular flexibility index (Phi) is 4.90. The van der Waals surface area contributed by atoms with Gasteiger partial charge in [-0.3, -0.25) is 0 Å². The summed E-state index contributed by atoms with van der Waals surface area (Å²) in [4.78, 5) is 16.0. The molecule has 0 unspecified atom stereocenters. The lowest BCUT2D eigenvalue weighted by atomic mass is 10.1. The lowest BCUT2D eigenvalue weighted by Gasteiger charge is -2.05. The average molecular weight is 423 g/mol. The van der Waals surface area contributed by atoms with E-state index in [1.165, 1.54) is 0 Å². The number of benzene rings is 2. The highest BCUT2D eigenvalue weighted by Crippen LogP contribution is 2.25. The van der Waals surface area contributed by atoms with Crippen molar-refractivity contribution >= 4 is 68.2 Å². The molecule has 1 heterocycles. The number of aromatic nitrogens is 1. The molecule has 2 aromatic carbocycles. The van der Waals surface area contributed by atoms with Crippen LogP contribution in [0, 0.1) is 0 Å². The Morgan fingerprint density at radius 2 is 1.83 bits per heavy atom. The lowest BCUT2D eigenvalue weighted by molar-refractivity contribution is 0.0699. The number of hydrogen-bond donors (Lipinski definition) is 1. The second-order valence-electron chi connectivity index (χ2n) is 5.07. The van der Waals surface area contributed by atoms with Crippen molar-refractivity contribution in [1.29, 1.82) is 0 Å². The summed E-state index contributed by atoms with van der Waals surface area (Å²) < 4.78 is 0.804. The van der Waals surface area contributed by atoms with Gasteiger partial charge in [0.05, 0.1) is 26.8 Å². The van der Waals surface area contributed by atoms with E-state index in [2.05, 4.69) is 20.9 Å². The first kappa shape index (κ1) is 17.0. The maximum Gasteiger partial charge on any atom is 0.336 e. The molecule has 0 spiro atoms. The Morgan fingerprint density at radius 1 is 1.04 bits per heavy atom. The Labute approximate surface area is 156 Å². The largest absolute Gasteiger partial charge is 0.478 e. The summed E-state index contributed by atoms with van der Waals surface area (Å²) >= 11 is 15.2. The third kappa shape index (κ3) is 3.61. The van der Waals surface area contributed by atoms with E-state index in [4.69, 9.17) is 23.2 Å². The molecule has 3 nitrogen and oxygen atoms in total. The van der Waals surface area contributed by atoms with Crippen LogP contribution in [0.1, 0.15) is 21.6 Å². The Balaban J connectivity index is 2.06. The van der Waals surface area contributed by atoms with Crippen LogP contribution in [-0.4, -0.2) is 16.1 Å². The van der Waals surface area contributed by atoms with E-state index >= 15 is 0 Å². The molecule has 120 valence electrons. The van der Waals surface area contributed by atoms with Gasteiger partial charge in [-0.05, 0) is 48.0 Å². The molecule has 1 N–H and O–H groups in total. The number of aromatic carboxylic acids is 1. The molecule has 1 aromatic heterocycles. The normalized spacial score (nSPS) is 11.3. The van der Waals surface area contributed by atoms with Crippen LogP contribution in [0.25, 0.3) is 23.1 Å². The highest BCUT2D eigenvalue weighted by atomic mass is 79.9. The first-order valence-electron chi connectivity index (χ1n) is 6.91. The van der Waals surface area contributed by atoms with Crippen molar-refractivity contribution in [2.24, 2.45) is 0 Å². The summed E-state index contributed by atoms with van der Waals surface area (Å²) in [5.41, 5.74) is 2.22. The summed E-state index contributed by atoms with van der Waals surface area (Å²) in [6.07, 6.45) is 3.55. The van der Waals surface area contributed by atoms with Crippen molar-refractivity contribution in [2.75, 3.05) is 0 Å². The molecule has 3 aromatic rings. The molecule has 0 aliphatic heterocycles.